The Morgan fingerprint density at radius 1 is 0.938 bits per heavy atom. The van der Waals surface area contributed by atoms with Crippen LogP contribution in [-0.2, 0) is 16.0 Å². The van der Waals surface area contributed by atoms with Crippen LogP contribution in [-0.4, -0.2) is 75.7 Å². The summed E-state index contributed by atoms with van der Waals surface area (Å²) in [5.74, 6) is 2.44. The molecule has 2 amide bonds. The van der Waals surface area contributed by atoms with Crippen molar-refractivity contribution < 1.29 is 28.5 Å². The van der Waals surface area contributed by atoms with Crippen LogP contribution in [0.15, 0.2) is 42.5 Å². The van der Waals surface area contributed by atoms with E-state index >= 15 is 0 Å². The highest BCUT2D eigenvalue weighted by Crippen LogP contribution is 2.28. The molecule has 1 heterocycles. The van der Waals surface area contributed by atoms with E-state index in [1.54, 1.807) is 21.3 Å². The van der Waals surface area contributed by atoms with E-state index in [9.17, 15) is 9.59 Å². The summed E-state index contributed by atoms with van der Waals surface area (Å²) in [4.78, 5) is 28.6. The maximum atomic E-state index is 12.9. The first-order valence-electron chi connectivity index (χ1n) is 10.5. The third-order valence-electron chi connectivity index (χ3n) is 5.60. The highest BCUT2D eigenvalue weighted by molar-refractivity contribution is 6.05. The fourth-order valence-corrected chi connectivity index (χ4v) is 3.66. The summed E-state index contributed by atoms with van der Waals surface area (Å²) < 4.78 is 21.4. The fraction of sp³-hybridized carbons (Fsp3) is 0.417. The smallest absolute Gasteiger partial charge is 0.247 e. The highest BCUT2D eigenvalue weighted by atomic mass is 16.5. The number of carbonyl (C=O) groups excluding carboxylic acids is 2. The first-order valence-corrected chi connectivity index (χ1v) is 10.5. The molecule has 0 radical (unpaired) electrons. The van der Waals surface area contributed by atoms with Crippen LogP contribution in [0.25, 0.3) is 0 Å². The summed E-state index contributed by atoms with van der Waals surface area (Å²) in [7, 11) is 6.61. The van der Waals surface area contributed by atoms with Crippen molar-refractivity contribution >= 4 is 11.8 Å². The number of hydrogen-bond acceptors (Lipinski definition) is 7. The molecule has 0 N–H and O–H groups in total. The molecule has 0 bridgehead atoms. The lowest BCUT2D eigenvalue weighted by atomic mass is 10.1. The maximum Gasteiger partial charge on any atom is 0.247 e. The second-order valence-corrected chi connectivity index (χ2v) is 7.55. The predicted molar refractivity (Wildman–Crippen MR) is 119 cm³/mol. The number of likely N-dealkylation sites (N-methyl/N-ethyl adjacent to an activating group) is 1. The molecule has 32 heavy (non-hydrogen) atoms. The summed E-state index contributed by atoms with van der Waals surface area (Å²) >= 11 is 0. The van der Waals surface area contributed by atoms with Crippen molar-refractivity contribution in [1.29, 1.82) is 0 Å². The van der Waals surface area contributed by atoms with E-state index in [0.29, 0.717) is 37.6 Å². The Morgan fingerprint density at radius 2 is 1.62 bits per heavy atom. The third-order valence-corrected chi connectivity index (χ3v) is 5.60. The van der Waals surface area contributed by atoms with Gasteiger partial charge in [0.2, 0.25) is 11.8 Å². The Balaban J connectivity index is 1.50. The number of ether oxygens (including phenoxy) is 4. The lowest BCUT2D eigenvalue weighted by Crippen LogP contribution is -2.42. The molecule has 0 unspecified atom stereocenters. The Morgan fingerprint density at radius 3 is 2.28 bits per heavy atom. The quantitative estimate of drug-likeness (QED) is 0.495. The van der Waals surface area contributed by atoms with Crippen molar-refractivity contribution in [2.75, 3.05) is 48.1 Å². The monoisotopic (exact) mass is 442 g/mol. The van der Waals surface area contributed by atoms with E-state index < -0.39 is 6.04 Å². The molecular weight excluding hydrogens is 412 g/mol. The SMILES string of the molecule is COc1ccc(OCCN(C)[C@@H]2CC(=O)N(CCc3ccc(OC)c(OC)c3)C2=O)cc1. The summed E-state index contributed by atoms with van der Waals surface area (Å²) in [5.41, 5.74) is 0.966. The summed E-state index contributed by atoms with van der Waals surface area (Å²) in [5, 5.41) is 0. The van der Waals surface area contributed by atoms with Gasteiger partial charge in [-0.1, -0.05) is 6.07 Å². The van der Waals surface area contributed by atoms with Gasteiger partial charge in [0.25, 0.3) is 0 Å². The maximum absolute atomic E-state index is 12.9. The predicted octanol–water partition coefficient (Wildman–Crippen LogP) is 2.39. The number of benzene rings is 2. The van der Waals surface area contributed by atoms with Crippen LogP contribution >= 0.6 is 0 Å². The first kappa shape index (κ1) is 23.4. The molecule has 1 aliphatic rings. The van der Waals surface area contributed by atoms with Gasteiger partial charge in [0.15, 0.2) is 11.5 Å². The van der Waals surface area contributed by atoms with Crippen LogP contribution < -0.4 is 18.9 Å². The van der Waals surface area contributed by atoms with Crippen molar-refractivity contribution in [3.8, 4) is 23.0 Å². The lowest BCUT2D eigenvalue weighted by molar-refractivity contribution is -0.139. The van der Waals surface area contributed by atoms with Crippen molar-refractivity contribution in [1.82, 2.24) is 9.80 Å². The molecule has 2 aromatic carbocycles. The summed E-state index contributed by atoms with van der Waals surface area (Å²) in [6, 6.07) is 12.4. The van der Waals surface area contributed by atoms with Crippen LogP contribution in [0.1, 0.15) is 12.0 Å². The second kappa shape index (κ2) is 10.9. The van der Waals surface area contributed by atoms with Crippen molar-refractivity contribution in [3.63, 3.8) is 0 Å². The van der Waals surface area contributed by atoms with Gasteiger partial charge >= 0.3 is 0 Å². The van der Waals surface area contributed by atoms with Crippen LogP contribution in [0.2, 0.25) is 0 Å². The number of likely N-dealkylation sites (tertiary alicyclic amines) is 1. The topological polar surface area (TPSA) is 77.5 Å². The Labute approximate surface area is 188 Å². The van der Waals surface area contributed by atoms with E-state index in [0.717, 1.165) is 17.1 Å². The van der Waals surface area contributed by atoms with Crippen molar-refractivity contribution in [2.45, 2.75) is 18.9 Å². The molecule has 1 aliphatic heterocycles. The third kappa shape index (κ3) is 5.50. The summed E-state index contributed by atoms with van der Waals surface area (Å²) in [6.45, 7) is 1.27. The van der Waals surface area contributed by atoms with Gasteiger partial charge in [0.05, 0.1) is 33.8 Å². The number of carbonyl (C=O) groups is 2. The number of methoxy groups -OCH3 is 3. The number of amides is 2. The largest absolute Gasteiger partial charge is 0.497 e. The van der Waals surface area contributed by atoms with Gasteiger partial charge in [0.1, 0.15) is 18.1 Å². The van der Waals surface area contributed by atoms with E-state index in [1.165, 1.54) is 4.90 Å². The van der Waals surface area contributed by atoms with E-state index in [2.05, 4.69) is 0 Å². The van der Waals surface area contributed by atoms with E-state index in [-0.39, 0.29) is 18.2 Å². The van der Waals surface area contributed by atoms with Crippen LogP contribution in [0.3, 0.4) is 0 Å². The Hall–Kier alpha value is -3.26. The highest BCUT2D eigenvalue weighted by Gasteiger charge is 2.40. The van der Waals surface area contributed by atoms with Crippen molar-refractivity contribution in [2.24, 2.45) is 0 Å². The molecule has 1 fully saturated rings. The van der Waals surface area contributed by atoms with Crippen LogP contribution in [0.5, 0.6) is 23.0 Å². The number of imide groups is 1. The molecule has 8 heteroatoms. The molecule has 2 aromatic rings. The van der Waals surface area contributed by atoms with Gasteiger partial charge in [-0.3, -0.25) is 19.4 Å². The Bertz CT molecular complexity index is 931. The average molecular weight is 443 g/mol. The molecule has 0 aliphatic carbocycles. The van der Waals surface area contributed by atoms with E-state index in [1.807, 2.05) is 54.4 Å². The van der Waals surface area contributed by atoms with Gasteiger partial charge < -0.3 is 18.9 Å². The minimum absolute atomic E-state index is 0.150. The molecule has 0 spiro atoms. The van der Waals surface area contributed by atoms with Gasteiger partial charge in [0, 0.05) is 13.1 Å². The zero-order valence-electron chi connectivity index (χ0n) is 19.0. The van der Waals surface area contributed by atoms with Gasteiger partial charge in [-0.05, 0) is 55.4 Å². The van der Waals surface area contributed by atoms with Crippen molar-refractivity contribution in [3.05, 3.63) is 48.0 Å². The van der Waals surface area contributed by atoms with Crippen LogP contribution in [0, 0.1) is 0 Å². The zero-order valence-corrected chi connectivity index (χ0v) is 19.0. The minimum Gasteiger partial charge on any atom is -0.497 e. The molecule has 8 nitrogen and oxygen atoms in total. The molecular formula is C24H30N2O6. The fourth-order valence-electron chi connectivity index (χ4n) is 3.66. The lowest BCUT2D eigenvalue weighted by Gasteiger charge is -2.23. The zero-order chi connectivity index (χ0) is 23.1. The molecule has 3 rings (SSSR count). The van der Waals surface area contributed by atoms with Crippen LogP contribution in [0.4, 0.5) is 0 Å². The number of hydrogen-bond donors (Lipinski definition) is 0. The molecule has 172 valence electrons. The number of rotatable bonds is 11. The minimum atomic E-state index is -0.465. The molecule has 0 saturated carbocycles. The van der Waals surface area contributed by atoms with Gasteiger partial charge in [-0.2, -0.15) is 0 Å². The molecule has 0 aromatic heterocycles. The second-order valence-electron chi connectivity index (χ2n) is 7.55. The number of nitrogens with zero attached hydrogens (tertiary/aromatic N) is 2. The van der Waals surface area contributed by atoms with Gasteiger partial charge in [-0.15, -0.1) is 0 Å². The molecule has 1 saturated heterocycles. The normalized spacial score (nSPS) is 15.9. The first-order chi connectivity index (χ1) is 15.5. The standard InChI is InChI=1S/C24H30N2O6/c1-25(13-14-32-19-8-6-18(29-2)7-9-19)20-16-23(27)26(24(20)28)12-11-17-5-10-21(30-3)22(15-17)31-4/h5-10,15,20H,11-14,16H2,1-4H3/t20-/m1/s1. The summed E-state index contributed by atoms with van der Waals surface area (Å²) in [6.07, 6.45) is 0.735. The molecule has 1 atom stereocenters. The average Bonchev–Trinajstić information content (AvgIpc) is 3.11. The Kier molecular flexibility index (Phi) is 7.94. The van der Waals surface area contributed by atoms with E-state index in [4.69, 9.17) is 18.9 Å². The van der Waals surface area contributed by atoms with Gasteiger partial charge in [-0.25, -0.2) is 0 Å².